The van der Waals surface area contributed by atoms with Gasteiger partial charge in [-0.05, 0) is 34.1 Å². The average Bonchev–Trinajstić information content (AvgIpc) is 2.73. The van der Waals surface area contributed by atoms with Crippen molar-refractivity contribution in [1.82, 2.24) is 0 Å². The zero-order valence-electron chi connectivity index (χ0n) is 9.41. The summed E-state index contributed by atoms with van der Waals surface area (Å²) in [6.45, 7) is 0.146. The second kappa shape index (κ2) is 5.40. The summed E-state index contributed by atoms with van der Waals surface area (Å²) >= 11 is 3.12. The van der Waals surface area contributed by atoms with Crippen LogP contribution in [0.5, 0.6) is 0 Å². The molecule has 2 aromatic rings. The molecule has 0 atom stereocenters. The Morgan fingerprint density at radius 1 is 1.32 bits per heavy atom. The van der Waals surface area contributed by atoms with E-state index in [0.717, 1.165) is 6.07 Å². The van der Waals surface area contributed by atoms with Crippen molar-refractivity contribution in [3.05, 3.63) is 51.9 Å². The van der Waals surface area contributed by atoms with Crippen LogP contribution in [-0.2, 0) is 6.54 Å². The van der Waals surface area contributed by atoms with Crippen molar-refractivity contribution in [2.24, 2.45) is 0 Å². The highest BCUT2D eigenvalue weighted by atomic mass is 79.9. The fourth-order valence-corrected chi connectivity index (χ4v) is 1.82. The Bertz CT molecular complexity index is 627. The molecule has 0 saturated heterocycles. The summed E-state index contributed by atoms with van der Waals surface area (Å²) in [5.41, 5.74) is -0.698. The van der Waals surface area contributed by atoms with Gasteiger partial charge in [-0.3, -0.25) is 0 Å². The fourth-order valence-electron chi connectivity index (χ4n) is 1.48. The van der Waals surface area contributed by atoms with Crippen LogP contribution < -0.4 is 5.32 Å². The zero-order chi connectivity index (χ0) is 14.0. The van der Waals surface area contributed by atoms with E-state index in [1.165, 1.54) is 0 Å². The van der Waals surface area contributed by atoms with Crippen LogP contribution >= 0.6 is 15.9 Å². The molecule has 1 aromatic heterocycles. The predicted octanol–water partition coefficient (Wildman–Crippen LogP) is 3.63. The van der Waals surface area contributed by atoms with Gasteiger partial charge in [0.15, 0.2) is 4.67 Å². The van der Waals surface area contributed by atoms with Crippen LogP contribution in [0.1, 0.15) is 16.1 Å². The highest BCUT2D eigenvalue weighted by molar-refractivity contribution is 9.10. The minimum atomic E-state index is -1.46. The van der Waals surface area contributed by atoms with Crippen molar-refractivity contribution in [2.75, 3.05) is 5.32 Å². The first kappa shape index (κ1) is 13.5. The van der Waals surface area contributed by atoms with E-state index in [-0.39, 0.29) is 12.2 Å². The number of carboxylic acid groups (broad SMARTS) is 1. The number of rotatable bonds is 4. The largest absolute Gasteiger partial charge is 0.478 e. The van der Waals surface area contributed by atoms with E-state index in [4.69, 9.17) is 9.52 Å². The minimum absolute atomic E-state index is 0.105. The van der Waals surface area contributed by atoms with Crippen molar-refractivity contribution in [3.63, 3.8) is 0 Å². The van der Waals surface area contributed by atoms with Crippen LogP contribution in [0.4, 0.5) is 14.5 Å². The topological polar surface area (TPSA) is 62.5 Å². The highest BCUT2D eigenvalue weighted by Crippen LogP contribution is 2.21. The molecule has 0 radical (unpaired) electrons. The summed E-state index contributed by atoms with van der Waals surface area (Å²) in [4.78, 5) is 10.7. The molecule has 0 bridgehead atoms. The van der Waals surface area contributed by atoms with Crippen LogP contribution in [-0.4, -0.2) is 11.1 Å². The predicted molar refractivity (Wildman–Crippen MR) is 67.1 cm³/mol. The van der Waals surface area contributed by atoms with Gasteiger partial charge >= 0.3 is 5.97 Å². The van der Waals surface area contributed by atoms with Crippen LogP contribution in [0.3, 0.4) is 0 Å². The molecule has 0 unspecified atom stereocenters. The molecule has 0 spiro atoms. The molecule has 19 heavy (non-hydrogen) atoms. The number of nitrogens with one attached hydrogen (secondary N) is 1. The number of furan rings is 1. The van der Waals surface area contributed by atoms with E-state index in [0.29, 0.717) is 16.5 Å². The maximum absolute atomic E-state index is 13.5. The normalized spacial score (nSPS) is 10.5. The van der Waals surface area contributed by atoms with Crippen molar-refractivity contribution >= 4 is 27.6 Å². The van der Waals surface area contributed by atoms with E-state index < -0.39 is 23.2 Å². The molecule has 2 rings (SSSR count). The Morgan fingerprint density at radius 3 is 2.63 bits per heavy atom. The molecule has 0 aliphatic rings. The second-order valence-corrected chi connectivity index (χ2v) is 4.46. The van der Waals surface area contributed by atoms with Gasteiger partial charge in [-0.1, -0.05) is 0 Å². The molecular formula is C12H8BrF2NO3. The van der Waals surface area contributed by atoms with Gasteiger partial charge in [0, 0.05) is 6.07 Å². The molecule has 4 nitrogen and oxygen atoms in total. The molecule has 2 N–H and O–H groups in total. The number of anilines is 1. The van der Waals surface area contributed by atoms with Crippen molar-refractivity contribution < 1.29 is 23.1 Å². The third-order valence-electron chi connectivity index (χ3n) is 2.37. The number of carbonyl (C=O) groups is 1. The first-order valence-electron chi connectivity index (χ1n) is 5.18. The fraction of sp³-hybridized carbons (Fsp3) is 0.0833. The molecule has 1 aromatic carbocycles. The van der Waals surface area contributed by atoms with Crippen molar-refractivity contribution in [3.8, 4) is 0 Å². The van der Waals surface area contributed by atoms with Gasteiger partial charge in [0.1, 0.15) is 17.4 Å². The van der Waals surface area contributed by atoms with Crippen LogP contribution in [0.2, 0.25) is 0 Å². The SMILES string of the molecule is O=C(O)c1cc(NCc2ccc(Br)o2)c(F)cc1F. The molecule has 100 valence electrons. The summed E-state index contributed by atoms with van der Waals surface area (Å²) in [7, 11) is 0. The van der Waals surface area contributed by atoms with E-state index in [1.807, 2.05) is 0 Å². The minimum Gasteiger partial charge on any atom is -0.478 e. The maximum atomic E-state index is 13.5. The molecule has 0 fully saturated rings. The number of carboxylic acids is 1. The molecule has 0 saturated carbocycles. The van der Waals surface area contributed by atoms with Gasteiger partial charge in [0.25, 0.3) is 0 Å². The molecule has 0 aliphatic carbocycles. The van der Waals surface area contributed by atoms with Crippen LogP contribution in [0.15, 0.2) is 33.4 Å². The van der Waals surface area contributed by atoms with Gasteiger partial charge in [-0.2, -0.15) is 0 Å². The first-order chi connectivity index (χ1) is 8.97. The Balaban J connectivity index is 2.20. The zero-order valence-corrected chi connectivity index (χ0v) is 11.0. The molecule has 0 amide bonds. The lowest BCUT2D eigenvalue weighted by Gasteiger charge is -2.07. The quantitative estimate of drug-likeness (QED) is 0.898. The molecule has 1 heterocycles. The van der Waals surface area contributed by atoms with E-state index in [2.05, 4.69) is 21.2 Å². The van der Waals surface area contributed by atoms with Crippen molar-refractivity contribution in [2.45, 2.75) is 6.54 Å². The maximum Gasteiger partial charge on any atom is 0.338 e. The monoisotopic (exact) mass is 331 g/mol. The first-order valence-corrected chi connectivity index (χ1v) is 5.97. The molecular weight excluding hydrogens is 324 g/mol. The van der Waals surface area contributed by atoms with Crippen LogP contribution in [0.25, 0.3) is 0 Å². The standard InChI is InChI=1S/C12H8BrF2NO3/c13-11-2-1-6(19-11)5-16-10-3-7(12(17)18)8(14)4-9(10)15/h1-4,16H,5H2,(H,17,18). The number of aromatic carboxylic acids is 1. The number of hydrogen-bond acceptors (Lipinski definition) is 3. The van der Waals surface area contributed by atoms with Gasteiger partial charge < -0.3 is 14.8 Å². The number of hydrogen-bond donors (Lipinski definition) is 2. The summed E-state index contributed by atoms with van der Waals surface area (Å²) in [6.07, 6.45) is 0. The van der Waals surface area contributed by atoms with Gasteiger partial charge in [0.05, 0.1) is 17.8 Å². The average molecular weight is 332 g/mol. The molecule has 0 aliphatic heterocycles. The van der Waals surface area contributed by atoms with E-state index in [9.17, 15) is 13.6 Å². The summed E-state index contributed by atoms with van der Waals surface area (Å²) in [6, 6.07) is 4.77. The Morgan fingerprint density at radius 2 is 2.05 bits per heavy atom. The number of benzene rings is 1. The van der Waals surface area contributed by atoms with Crippen molar-refractivity contribution in [1.29, 1.82) is 0 Å². The number of halogens is 3. The lowest BCUT2D eigenvalue weighted by Crippen LogP contribution is -2.06. The molecule has 7 heteroatoms. The summed E-state index contributed by atoms with van der Waals surface area (Å²) in [5.74, 6) is -2.92. The lowest BCUT2D eigenvalue weighted by atomic mass is 10.1. The lowest BCUT2D eigenvalue weighted by molar-refractivity contribution is 0.0692. The Labute approximate surface area is 115 Å². The third kappa shape index (κ3) is 3.11. The van der Waals surface area contributed by atoms with Crippen LogP contribution in [0, 0.1) is 11.6 Å². The smallest absolute Gasteiger partial charge is 0.338 e. The third-order valence-corrected chi connectivity index (χ3v) is 2.80. The van der Waals surface area contributed by atoms with Gasteiger partial charge in [0.2, 0.25) is 0 Å². The second-order valence-electron chi connectivity index (χ2n) is 3.68. The summed E-state index contributed by atoms with van der Waals surface area (Å²) < 4.78 is 32.4. The Hall–Kier alpha value is -1.89. The van der Waals surface area contributed by atoms with Gasteiger partial charge in [-0.25, -0.2) is 13.6 Å². The summed E-state index contributed by atoms with van der Waals surface area (Å²) in [5, 5.41) is 11.4. The van der Waals surface area contributed by atoms with Gasteiger partial charge in [-0.15, -0.1) is 0 Å². The van der Waals surface area contributed by atoms with E-state index in [1.54, 1.807) is 12.1 Å². The highest BCUT2D eigenvalue weighted by Gasteiger charge is 2.15. The Kier molecular flexibility index (Phi) is 3.84. The van der Waals surface area contributed by atoms with E-state index >= 15 is 0 Å².